The van der Waals surface area contributed by atoms with Crippen molar-refractivity contribution in [3.63, 3.8) is 0 Å². The highest BCUT2D eigenvalue weighted by Gasteiger charge is 2.34. The third-order valence-corrected chi connectivity index (χ3v) is 6.83. The van der Waals surface area contributed by atoms with Crippen LogP contribution in [0.1, 0.15) is 22.7 Å². The molecule has 134 valence electrons. The second-order valence-electron chi connectivity index (χ2n) is 6.68. The summed E-state index contributed by atoms with van der Waals surface area (Å²) in [6, 6.07) is 11.7. The van der Waals surface area contributed by atoms with Crippen molar-refractivity contribution in [1.82, 2.24) is 9.21 Å². The van der Waals surface area contributed by atoms with Gasteiger partial charge in [-0.25, -0.2) is 12.8 Å². The van der Waals surface area contributed by atoms with E-state index in [0.717, 1.165) is 16.7 Å². The van der Waals surface area contributed by atoms with Crippen molar-refractivity contribution in [1.29, 1.82) is 0 Å². The van der Waals surface area contributed by atoms with Gasteiger partial charge in [0.1, 0.15) is 5.82 Å². The van der Waals surface area contributed by atoms with Gasteiger partial charge in [0, 0.05) is 25.7 Å². The molecule has 0 spiro atoms. The summed E-state index contributed by atoms with van der Waals surface area (Å²) < 4.78 is 41.0. The summed E-state index contributed by atoms with van der Waals surface area (Å²) in [6.45, 7) is 5.15. The Morgan fingerprint density at radius 1 is 1.04 bits per heavy atom. The molecule has 1 aliphatic rings. The van der Waals surface area contributed by atoms with Gasteiger partial charge in [-0.3, -0.25) is 4.90 Å². The standard InChI is InChI=1S/C19H23FN2O2S/c1-14-4-5-15(2)19(12-14)25(23,24)22-11-10-21(3)18(13-22)16-6-8-17(20)9-7-16/h4-9,12,18H,10-11,13H2,1-3H3. The van der Waals surface area contributed by atoms with Crippen LogP contribution >= 0.6 is 0 Å². The Kier molecular flexibility index (Phi) is 4.95. The largest absolute Gasteiger partial charge is 0.297 e. The molecule has 0 saturated carbocycles. The topological polar surface area (TPSA) is 40.6 Å². The number of aryl methyl sites for hydroxylation is 2. The van der Waals surface area contributed by atoms with Crippen molar-refractivity contribution in [2.24, 2.45) is 0 Å². The van der Waals surface area contributed by atoms with Gasteiger partial charge in [0.05, 0.1) is 4.90 Å². The molecule has 1 fully saturated rings. The Morgan fingerprint density at radius 3 is 2.40 bits per heavy atom. The monoisotopic (exact) mass is 362 g/mol. The van der Waals surface area contributed by atoms with Gasteiger partial charge in [0.2, 0.25) is 10.0 Å². The molecule has 0 N–H and O–H groups in total. The molecule has 1 saturated heterocycles. The van der Waals surface area contributed by atoms with E-state index < -0.39 is 10.0 Å². The van der Waals surface area contributed by atoms with Crippen LogP contribution in [0.15, 0.2) is 47.4 Å². The van der Waals surface area contributed by atoms with Gasteiger partial charge in [-0.1, -0.05) is 24.3 Å². The molecular weight excluding hydrogens is 339 g/mol. The molecule has 1 aliphatic heterocycles. The molecule has 2 aromatic rings. The number of piperazine rings is 1. The van der Waals surface area contributed by atoms with Crippen LogP contribution in [0.4, 0.5) is 4.39 Å². The first-order valence-electron chi connectivity index (χ1n) is 8.32. The molecule has 4 nitrogen and oxygen atoms in total. The lowest BCUT2D eigenvalue weighted by Crippen LogP contribution is -2.49. The molecular formula is C19H23FN2O2S. The highest BCUT2D eigenvalue weighted by atomic mass is 32.2. The molecule has 1 unspecified atom stereocenters. The Labute approximate surface area is 148 Å². The van der Waals surface area contributed by atoms with Crippen LogP contribution in [0.25, 0.3) is 0 Å². The predicted octanol–water partition coefficient (Wildman–Crippen LogP) is 3.12. The van der Waals surface area contributed by atoms with E-state index in [-0.39, 0.29) is 11.9 Å². The van der Waals surface area contributed by atoms with Crippen LogP contribution in [-0.2, 0) is 10.0 Å². The summed E-state index contributed by atoms with van der Waals surface area (Å²) in [5.41, 5.74) is 2.60. The Bertz CT molecular complexity index is 865. The van der Waals surface area contributed by atoms with Gasteiger partial charge in [-0.2, -0.15) is 4.31 Å². The quantitative estimate of drug-likeness (QED) is 0.842. The summed E-state index contributed by atoms with van der Waals surface area (Å²) in [5, 5.41) is 0. The summed E-state index contributed by atoms with van der Waals surface area (Å²) in [5.74, 6) is -0.290. The first kappa shape index (κ1) is 18.0. The second kappa shape index (κ2) is 6.86. The van der Waals surface area contributed by atoms with Gasteiger partial charge in [-0.05, 0) is 55.8 Å². The number of benzene rings is 2. The minimum absolute atomic E-state index is 0.0887. The van der Waals surface area contributed by atoms with Crippen LogP contribution in [0.3, 0.4) is 0 Å². The maximum Gasteiger partial charge on any atom is 0.243 e. The smallest absolute Gasteiger partial charge is 0.243 e. The minimum atomic E-state index is -3.56. The zero-order valence-electron chi connectivity index (χ0n) is 14.7. The van der Waals surface area contributed by atoms with E-state index in [1.54, 1.807) is 22.5 Å². The van der Waals surface area contributed by atoms with E-state index in [2.05, 4.69) is 4.90 Å². The third-order valence-electron chi connectivity index (χ3n) is 4.83. The molecule has 25 heavy (non-hydrogen) atoms. The molecule has 0 bridgehead atoms. The maximum absolute atomic E-state index is 13.2. The van der Waals surface area contributed by atoms with Crippen LogP contribution in [0, 0.1) is 19.7 Å². The SMILES string of the molecule is Cc1ccc(C)c(S(=O)(=O)N2CCN(C)C(c3ccc(F)cc3)C2)c1. The molecule has 0 amide bonds. The van der Waals surface area contributed by atoms with Crippen molar-refractivity contribution in [3.05, 3.63) is 65.0 Å². The second-order valence-corrected chi connectivity index (χ2v) is 8.59. The van der Waals surface area contributed by atoms with Crippen molar-refractivity contribution in [2.45, 2.75) is 24.8 Å². The van der Waals surface area contributed by atoms with Gasteiger partial charge in [0.15, 0.2) is 0 Å². The Hall–Kier alpha value is -1.76. The highest BCUT2D eigenvalue weighted by Crippen LogP contribution is 2.29. The number of sulfonamides is 1. The summed E-state index contributed by atoms with van der Waals surface area (Å²) in [6.07, 6.45) is 0. The van der Waals surface area contributed by atoms with Crippen LogP contribution < -0.4 is 0 Å². The first-order chi connectivity index (χ1) is 11.8. The van der Waals surface area contributed by atoms with E-state index in [9.17, 15) is 12.8 Å². The lowest BCUT2D eigenvalue weighted by atomic mass is 10.0. The lowest BCUT2D eigenvalue weighted by Gasteiger charge is -2.39. The van der Waals surface area contributed by atoms with E-state index in [1.807, 2.05) is 33.0 Å². The fourth-order valence-electron chi connectivity index (χ4n) is 3.24. The van der Waals surface area contributed by atoms with Gasteiger partial charge >= 0.3 is 0 Å². The maximum atomic E-state index is 13.2. The molecule has 0 radical (unpaired) electrons. The third kappa shape index (κ3) is 3.61. The average molecular weight is 362 g/mol. The lowest BCUT2D eigenvalue weighted by molar-refractivity contribution is 0.148. The van der Waals surface area contributed by atoms with Gasteiger partial charge in [0.25, 0.3) is 0 Å². The van der Waals surface area contributed by atoms with Crippen LogP contribution in [0.5, 0.6) is 0 Å². The van der Waals surface area contributed by atoms with E-state index in [0.29, 0.717) is 24.5 Å². The van der Waals surface area contributed by atoms with Crippen molar-refractivity contribution >= 4 is 10.0 Å². The Balaban J connectivity index is 1.92. The van der Waals surface area contributed by atoms with E-state index in [4.69, 9.17) is 0 Å². The minimum Gasteiger partial charge on any atom is -0.297 e. The van der Waals surface area contributed by atoms with Crippen LogP contribution in [-0.4, -0.2) is 44.3 Å². The predicted molar refractivity (Wildman–Crippen MR) is 96.4 cm³/mol. The number of hydrogen-bond acceptors (Lipinski definition) is 3. The number of likely N-dealkylation sites (N-methyl/N-ethyl adjacent to an activating group) is 1. The zero-order valence-corrected chi connectivity index (χ0v) is 15.6. The van der Waals surface area contributed by atoms with Crippen molar-refractivity contribution in [2.75, 3.05) is 26.7 Å². The molecule has 3 rings (SSSR count). The van der Waals surface area contributed by atoms with Crippen LogP contribution in [0.2, 0.25) is 0 Å². The molecule has 0 aromatic heterocycles. The van der Waals surface area contributed by atoms with Gasteiger partial charge < -0.3 is 0 Å². The fraction of sp³-hybridized carbons (Fsp3) is 0.368. The van der Waals surface area contributed by atoms with E-state index >= 15 is 0 Å². The molecule has 6 heteroatoms. The molecule has 0 aliphatic carbocycles. The normalized spacial score (nSPS) is 19.9. The Morgan fingerprint density at radius 2 is 1.72 bits per heavy atom. The fourth-order valence-corrected chi connectivity index (χ4v) is 4.98. The number of hydrogen-bond donors (Lipinski definition) is 0. The number of halogens is 1. The summed E-state index contributed by atoms with van der Waals surface area (Å²) in [4.78, 5) is 2.48. The van der Waals surface area contributed by atoms with Gasteiger partial charge in [-0.15, -0.1) is 0 Å². The first-order valence-corrected chi connectivity index (χ1v) is 9.76. The average Bonchev–Trinajstić information content (AvgIpc) is 2.58. The molecule has 1 atom stereocenters. The van der Waals surface area contributed by atoms with E-state index in [1.165, 1.54) is 12.1 Å². The highest BCUT2D eigenvalue weighted by molar-refractivity contribution is 7.89. The molecule has 1 heterocycles. The number of rotatable bonds is 3. The summed E-state index contributed by atoms with van der Waals surface area (Å²) >= 11 is 0. The molecule has 2 aromatic carbocycles. The van der Waals surface area contributed by atoms with Crippen molar-refractivity contribution < 1.29 is 12.8 Å². The van der Waals surface area contributed by atoms with Crippen molar-refractivity contribution in [3.8, 4) is 0 Å². The number of nitrogens with zero attached hydrogens (tertiary/aromatic N) is 2. The zero-order chi connectivity index (χ0) is 18.2. The summed E-state index contributed by atoms with van der Waals surface area (Å²) in [7, 11) is -1.59.